The molecule has 1 unspecified atom stereocenters. The first-order valence-corrected chi connectivity index (χ1v) is 7.45. The first kappa shape index (κ1) is 17.1. The van der Waals surface area contributed by atoms with E-state index in [9.17, 15) is 29.0 Å². The molecule has 1 fully saturated rings. The van der Waals surface area contributed by atoms with Crippen LogP contribution < -0.4 is 10.2 Å². The SMILES string of the molecule is O=C([O-])CC(C(=O)[O-])N1C(=O)C(=Cc2ccc(F)cc2)SC1=S. The number of aliphatic carboxylic acids is 2. The zero-order valence-corrected chi connectivity index (χ0v) is 13.0. The van der Waals surface area contributed by atoms with Crippen molar-refractivity contribution in [2.45, 2.75) is 12.5 Å². The van der Waals surface area contributed by atoms with Gasteiger partial charge < -0.3 is 19.8 Å². The lowest BCUT2D eigenvalue weighted by atomic mass is 10.1. The van der Waals surface area contributed by atoms with Gasteiger partial charge >= 0.3 is 0 Å². The lowest BCUT2D eigenvalue weighted by Gasteiger charge is -2.27. The smallest absolute Gasteiger partial charge is 0.266 e. The fraction of sp³-hybridized carbons (Fsp3) is 0.143. The number of carbonyl (C=O) groups excluding carboxylic acids is 3. The minimum atomic E-state index is -1.74. The van der Waals surface area contributed by atoms with Gasteiger partial charge in [-0.05, 0) is 23.8 Å². The number of carboxylic acids is 2. The van der Waals surface area contributed by atoms with Crippen molar-refractivity contribution in [2.24, 2.45) is 0 Å². The van der Waals surface area contributed by atoms with Crippen LogP contribution in [0.2, 0.25) is 0 Å². The van der Waals surface area contributed by atoms with E-state index in [2.05, 4.69) is 0 Å². The standard InChI is InChI=1S/C14H10FNO5S2/c15-8-3-1-7(2-4-8)5-10-12(19)16(14(22)23-10)9(13(20)21)6-11(17)18/h1-5,9H,6H2,(H,17,18)(H,20,21)/p-2. The number of halogens is 1. The van der Waals surface area contributed by atoms with Gasteiger partial charge in [-0.3, -0.25) is 9.69 Å². The molecular weight excluding hydrogens is 345 g/mol. The van der Waals surface area contributed by atoms with Crippen molar-refractivity contribution in [2.75, 3.05) is 0 Å². The highest BCUT2D eigenvalue weighted by atomic mass is 32.2. The van der Waals surface area contributed by atoms with Gasteiger partial charge in [0.15, 0.2) is 0 Å². The maximum atomic E-state index is 12.9. The van der Waals surface area contributed by atoms with E-state index in [0.29, 0.717) is 10.5 Å². The van der Waals surface area contributed by atoms with Crippen LogP contribution in [-0.4, -0.2) is 33.1 Å². The second-order valence-electron chi connectivity index (χ2n) is 4.51. The number of thioether (sulfide) groups is 1. The van der Waals surface area contributed by atoms with E-state index in [0.717, 1.165) is 11.8 Å². The van der Waals surface area contributed by atoms with E-state index < -0.39 is 36.1 Å². The molecule has 0 aromatic heterocycles. The third-order valence-corrected chi connectivity index (χ3v) is 4.27. The molecule has 1 amide bonds. The van der Waals surface area contributed by atoms with Crippen LogP contribution in [0.1, 0.15) is 12.0 Å². The zero-order chi connectivity index (χ0) is 17.1. The number of thiocarbonyl (C=S) groups is 1. The largest absolute Gasteiger partial charge is 0.550 e. The fourth-order valence-corrected chi connectivity index (χ4v) is 3.25. The molecule has 9 heteroatoms. The van der Waals surface area contributed by atoms with E-state index in [1.807, 2.05) is 0 Å². The van der Waals surface area contributed by atoms with Crippen molar-refractivity contribution in [1.29, 1.82) is 0 Å². The molecular formula is C14H8FNO5S2-2. The number of rotatable bonds is 5. The minimum absolute atomic E-state index is 0.0983. The van der Waals surface area contributed by atoms with Crippen LogP contribution in [0.15, 0.2) is 29.2 Å². The molecule has 6 nitrogen and oxygen atoms in total. The number of amides is 1. The quantitative estimate of drug-likeness (QED) is 0.509. The summed E-state index contributed by atoms with van der Waals surface area (Å²) in [5.41, 5.74) is 0.511. The molecule has 0 spiro atoms. The molecule has 0 saturated carbocycles. The van der Waals surface area contributed by atoms with Crippen molar-refractivity contribution >= 4 is 52.2 Å². The van der Waals surface area contributed by atoms with Gasteiger partial charge in [0.2, 0.25) is 0 Å². The van der Waals surface area contributed by atoms with Gasteiger partial charge in [0.25, 0.3) is 5.91 Å². The molecule has 23 heavy (non-hydrogen) atoms. The monoisotopic (exact) mass is 353 g/mol. The van der Waals surface area contributed by atoms with Gasteiger partial charge in [-0.2, -0.15) is 0 Å². The van der Waals surface area contributed by atoms with Crippen molar-refractivity contribution in [3.63, 3.8) is 0 Å². The maximum Gasteiger partial charge on any atom is 0.266 e. The number of benzene rings is 1. The molecule has 0 bridgehead atoms. The predicted octanol–water partition coefficient (Wildman–Crippen LogP) is -0.715. The summed E-state index contributed by atoms with van der Waals surface area (Å²) in [4.78, 5) is 34.8. The Kier molecular flexibility index (Phi) is 5.12. The van der Waals surface area contributed by atoms with Gasteiger partial charge in [0, 0.05) is 12.4 Å². The predicted molar refractivity (Wildman–Crippen MR) is 79.8 cm³/mol. The van der Waals surface area contributed by atoms with Crippen molar-refractivity contribution in [3.8, 4) is 0 Å². The molecule has 1 saturated heterocycles. The number of hydrogen-bond donors (Lipinski definition) is 0. The molecule has 1 atom stereocenters. The summed E-state index contributed by atoms with van der Waals surface area (Å²) < 4.78 is 12.8. The minimum Gasteiger partial charge on any atom is -0.550 e. The normalized spacial score (nSPS) is 17.6. The number of carbonyl (C=O) groups is 3. The summed E-state index contributed by atoms with van der Waals surface area (Å²) in [5, 5.41) is 21.7. The van der Waals surface area contributed by atoms with Crippen LogP contribution in [0.25, 0.3) is 6.08 Å². The van der Waals surface area contributed by atoms with Crippen LogP contribution in [-0.2, 0) is 14.4 Å². The van der Waals surface area contributed by atoms with E-state index in [1.165, 1.54) is 30.3 Å². The van der Waals surface area contributed by atoms with Gasteiger partial charge in [-0.15, -0.1) is 0 Å². The van der Waals surface area contributed by atoms with Crippen molar-refractivity contribution < 1.29 is 29.0 Å². The number of carboxylic acid groups (broad SMARTS) is 2. The Morgan fingerprint density at radius 2 is 1.91 bits per heavy atom. The molecule has 1 aromatic rings. The molecule has 1 aromatic carbocycles. The van der Waals surface area contributed by atoms with Crippen LogP contribution >= 0.6 is 24.0 Å². The topological polar surface area (TPSA) is 101 Å². The Hall–Kier alpha value is -2.26. The van der Waals surface area contributed by atoms with Crippen LogP contribution in [0.3, 0.4) is 0 Å². The first-order chi connectivity index (χ1) is 10.8. The average molecular weight is 353 g/mol. The number of nitrogens with zero attached hydrogens (tertiary/aromatic N) is 1. The maximum absolute atomic E-state index is 12.9. The highest BCUT2D eigenvalue weighted by Gasteiger charge is 2.37. The Bertz CT molecular complexity index is 716. The average Bonchev–Trinajstić information content (AvgIpc) is 2.73. The second kappa shape index (κ2) is 6.88. The van der Waals surface area contributed by atoms with Crippen LogP contribution in [0.4, 0.5) is 4.39 Å². The molecule has 1 heterocycles. The molecule has 0 N–H and O–H groups in total. The van der Waals surface area contributed by atoms with Crippen molar-refractivity contribution in [3.05, 3.63) is 40.6 Å². The summed E-state index contributed by atoms with van der Waals surface area (Å²) in [6.07, 6.45) is 0.475. The summed E-state index contributed by atoms with van der Waals surface area (Å²) in [6, 6.07) is 3.52. The summed E-state index contributed by atoms with van der Waals surface area (Å²) in [6.45, 7) is 0. The van der Waals surface area contributed by atoms with Gasteiger partial charge in [0.05, 0.1) is 16.9 Å². The van der Waals surface area contributed by atoms with Crippen LogP contribution in [0, 0.1) is 5.82 Å². The Balaban J connectivity index is 2.30. The van der Waals surface area contributed by atoms with Gasteiger partial charge in [0.1, 0.15) is 10.1 Å². The summed E-state index contributed by atoms with van der Waals surface area (Å²) in [5.74, 6) is -4.58. The van der Waals surface area contributed by atoms with E-state index in [-0.39, 0.29) is 9.23 Å². The third kappa shape index (κ3) is 3.93. The molecule has 120 valence electrons. The first-order valence-electron chi connectivity index (χ1n) is 6.23. The summed E-state index contributed by atoms with van der Waals surface area (Å²) in [7, 11) is 0. The fourth-order valence-electron chi connectivity index (χ4n) is 1.90. The zero-order valence-electron chi connectivity index (χ0n) is 11.4. The van der Waals surface area contributed by atoms with Gasteiger partial charge in [-0.25, -0.2) is 4.39 Å². The lowest BCUT2D eigenvalue weighted by Crippen LogP contribution is -2.52. The Morgan fingerprint density at radius 3 is 2.43 bits per heavy atom. The highest BCUT2D eigenvalue weighted by Crippen LogP contribution is 2.34. The molecule has 0 radical (unpaired) electrons. The summed E-state index contributed by atoms with van der Waals surface area (Å²) >= 11 is 5.77. The van der Waals surface area contributed by atoms with Crippen LogP contribution in [0.5, 0.6) is 0 Å². The van der Waals surface area contributed by atoms with E-state index in [1.54, 1.807) is 0 Å². The Morgan fingerprint density at radius 1 is 1.30 bits per heavy atom. The van der Waals surface area contributed by atoms with E-state index >= 15 is 0 Å². The number of hydrogen-bond acceptors (Lipinski definition) is 7. The molecule has 2 rings (SSSR count). The lowest BCUT2D eigenvalue weighted by molar-refractivity contribution is -0.319. The van der Waals surface area contributed by atoms with E-state index in [4.69, 9.17) is 12.2 Å². The third-order valence-electron chi connectivity index (χ3n) is 2.94. The molecule has 1 aliphatic rings. The molecule has 0 aliphatic carbocycles. The Labute approximate surface area is 139 Å². The molecule has 1 aliphatic heterocycles. The highest BCUT2D eigenvalue weighted by molar-refractivity contribution is 8.26. The van der Waals surface area contributed by atoms with Crippen molar-refractivity contribution in [1.82, 2.24) is 4.90 Å². The second-order valence-corrected chi connectivity index (χ2v) is 6.19. The van der Waals surface area contributed by atoms with Gasteiger partial charge in [-0.1, -0.05) is 36.1 Å².